The highest BCUT2D eigenvalue weighted by atomic mass is 32.1. The fourth-order valence-corrected chi connectivity index (χ4v) is 1.93. The van der Waals surface area contributed by atoms with Gasteiger partial charge >= 0.3 is 0 Å². The molecule has 0 spiro atoms. The average molecular weight is 205 g/mol. The number of thiazole rings is 1. The standard InChI is InChI=1S/C12H15NS/c1-4-7-10(5-2)8-12-11(6-3)13-9-14-12/h4,6-9H,3,5H2,1-2H3/b7-4+,10-8-. The van der Waals surface area contributed by atoms with Crippen LogP contribution in [0.3, 0.4) is 0 Å². The molecular weight excluding hydrogens is 190 g/mol. The molecule has 0 aliphatic rings. The molecular formula is C12H15NS. The van der Waals surface area contributed by atoms with Crippen LogP contribution in [0.25, 0.3) is 12.2 Å². The molecule has 0 radical (unpaired) electrons. The Kier molecular flexibility index (Phi) is 4.33. The lowest BCUT2D eigenvalue weighted by Gasteiger charge is -1.96. The zero-order chi connectivity index (χ0) is 10.4. The van der Waals surface area contributed by atoms with Gasteiger partial charge < -0.3 is 0 Å². The lowest BCUT2D eigenvalue weighted by Crippen LogP contribution is -1.77. The van der Waals surface area contributed by atoms with Crippen molar-refractivity contribution in [1.82, 2.24) is 4.98 Å². The molecule has 0 N–H and O–H groups in total. The van der Waals surface area contributed by atoms with Crippen LogP contribution in [0, 0.1) is 0 Å². The van der Waals surface area contributed by atoms with Crippen LogP contribution in [-0.4, -0.2) is 4.98 Å². The van der Waals surface area contributed by atoms with Crippen molar-refractivity contribution in [2.45, 2.75) is 20.3 Å². The quantitative estimate of drug-likeness (QED) is 0.673. The number of aromatic nitrogens is 1. The van der Waals surface area contributed by atoms with Crippen LogP contribution < -0.4 is 0 Å². The summed E-state index contributed by atoms with van der Waals surface area (Å²) in [7, 11) is 0. The molecule has 0 aromatic carbocycles. The second kappa shape index (κ2) is 5.55. The van der Waals surface area contributed by atoms with Crippen LogP contribution in [0.1, 0.15) is 30.8 Å². The van der Waals surface area contributed by atoms with Crippen LogP contribution in [0.2, 0.25) is 0 Å². The summed E-state index contributed by atoms with van der Waals surface area (Å²) in [6.07, 6.45) is 9.20. The minimum absolute atomic E-state index is 0.977. The van der Waals surface area contributed by atoms with E-state index < -0.39 is 0 Å². The molecule has 1 rings (SSSR count). The van der Waals surface area contributed by atoms with E-state index in [1.54, 1.807) is 17.4 Å². The summed E-state index contributed by atoms with van der Waals surface area (Å²) in [5, 5.41) is 0. The monoisotopic (exact) mass is 205 g/mol. The van der Waals surface area contributed by atoms with Crippen molar-refractivity contribution >= 4 is 23.5 Å². The Balaban J connectivity index is 2.99. The Morgan fingerprint density at radius 3 is 3.00 bits per heavy atom. The normalized spacial score (nSPS) is 12.3. The molecule has 0 saturated carbocycles. The topological polar surface area (TPSA) is 12.9 Å². The van der Waals surface area contributed by atoms with E-state index in [1.807, 2.05) is 12.4 Å². The maximum Gasteiger partial charge on any atom is 0.0806 e. The summed E-state index contributed by atoms with van der Waals surface area (Å²) in [5.41, 5.74) is 4.15. The highest BCUT2D eigenvalue weighted by Gasteiger charge is 1.99. The van der Waals surface area contributed by atoms with Gasteiger partial charge in [0.15, 0.2) is 0 Å². The predicted molar refractivity (Wildman–Crippen MR) is 65.3 cm³/mol. The number of hydrogen-bond acceptors (Lipinski definition) is 2. The molecule has 0 fully saturated rings. The number of hydrogen-bond donors (Lipinski definition) is 0. The van der Waals surface area contributed by atoms with Gasteiger partial charge in [0.25, 0.3) is 0 Å². The Morgan fingerprint density at radius 2 is 2.43 bits per heavy atom. The van der Waals surface area contributed by atoms with Gasteiger partial charge in [0.2, 0.25) is 0 Å². The van der Waals surface area contributed by atoms with E-state index in [0.717, 1.165) is 12.1 Å². The van der Waals surface area contributed by atoms with Gasteiger partial charge in [-0.05, 0) is 31.1 Å². The fraction of sp³-hybridized carbons (Fsp3) is 0.250. The van der Waals surface area contributed by atoms with Gasteiger partial charge in [0, 0.05) is 0 Å². The SMILES string of the molecule is C=Cc1ncsc1/C=C(\C=C\C)CC. The largest absolute Gasteiger partial charge is 0.245 e. The van der Waals surface area contributed by atoms with Crippen LogP contribution in [-0.2, 0) is 0 Å². The van der Waals surface area contributed by atoms with Crippen molar-refractivity contribution in [1.29, 1.82) is 0 Å². The average Bonchev–Trinajstić information content (AvgIpc) is 2.64. The van der Waals surface area contributed by atoms with Crippen LogP contribution >= 0.6 is 11.3 Å². The van der Waals surface area contributed by atoms with E-state index in [9.17, 15) is 0 Å². The molecule has 0 atom stereocenters. The molecule has 0 amide bonds. The first-order chi connectivity index (χ1) is 6.81. The van der Waals surface area contributed by atoms with Crippen LogP contribution in [0.15, 0.2) is 29.8 Å². The molecule has 1 aromatic rings. The molecule has 14 heavy (non-hydrogen) atoms. The van der Waals surface area contributed by atoms with Crippen molar-refractivity contribution in [3.05, 3.63) is 40.4 Å². The van der Waals surface area contributed by atoms with Crippen LogP contribution in [0.4, 0.5) is 0 Å². The second-order valence-corrected chi connectivity index (χ2v) is 3.77. The highest BCUT2D eigenvalue weighted by Crippen LogP contribution is 2.19. The first-order valence-corrected chi connectivity index (χ1v) is 5.59. The smallest absolute Gasteiger partial charge is 0.0806 e. The van der Waals surface area contributed by atoms with Crippen molar-refractivity contribution in [3.63, 3.8) is 0 Å². The molecule has 1 nitrogen and oxygen atoms in total. The molecule has 1 heterocycles. The third-order valence-corrected chi connectivity index (χ3v) is 2.71. The molecule has 0 saturated heterocycles. The van der Waals surface area contributed by atoms with E-state index in [4.69, 9.17) is 0 Å². The lowest BCUT2D eigenvalue weighted by molar-refractivity contribution is 1.16. The number of rotatable bonds is 4. The molecule has 74 valence electrons. The minimum atomic E-state index is 0.977. The molecule has 0 aliphatic carbocycles. The first-order valence-electron chi connectivity index (χ1n) is 4.71. The summed E-state index contributed by atoms with van der Waals surface area (Å²) in [6.45, 7) is 7.93. The third-order valence-electron chi connectivity index (χ3n) is 1.92. The van der Waals surface area contributed by atoms with Gasteiger partial charge in [0.05, 0.1) is 16.1 Å². The molecule has 2 heteroatoms. The summed E-state index contributed by atoms with van der Waals surface area (Å²) in [6, 6.07) is 0. The first kappa shape index (κ1) is 10.9. The van der Waals surface area contributed by atoms with E-state index in [2.05, 4.69) is 36.7 Å². The van der Waals surface area contributed by atoms with Crippen molar-refractivity contribution in [2.24, 2.45) is 0 Å². The van der Waals surface area contributed by atoms with Gasteiger partial charge in [-0.15, -0.1) is 11.3 Å². The summed E-state index contributed by atoms with van der Waals surface area (Å²) >= 11 is 1.65. The Hall–Kier alpha value is -1.15. The van der Waals surface area contributed by atoms with E-state index >= 15 is 0 Å². The minimum Gasteiger partial charge on any atom is -0.245 e. The van der Waals surface area contributed by atoms with E-state index in [0.29, 0.717) is 0 Å². The second-order valence-electron chi connectivity index (χ2n) is 2.88. The predicted octanol–water partition coefficient (Wildman–Crippen LogP) is 4.16. The Labute approximate surface area is 89.5 Å². The van der Waals surface area contributed by atoms with Crippen LogP contribution in [0.5, 0.6) is 0 Å². The van der Waals surface area contributed by atoms with Crippen molar-refractivity contribution in [2.75, 3.05) is 0 Å². The lowest BCUT2D eigenvalue weighted by atomic mass is 10.1. The summed E-state index contributed by atoms with van der Waals surface area (Å²) < 4.78 is 0. The Morgan fingerprint density at radius 1 is 1.64 bits per heavy atom. The van der Waals surface area contributed by atoms with Crippen molar-refractivity contribution in [3.8, 4) is 0 Å². The number of nitrogens with zero attached hydrogens (tertiary/aromatic N) is 1. The molecule has 1 aromatic heterocycles. The van der Waals surface area contributed by atoms with Gasteiger partial charge in [-0.25, -0.2) is 4.98 Å². The summed E-state index contributed by atoms with van der Waals surface area (Å²) in [4.78, 5) is 5.40. The van der Waals surface area contributed by atoms with E-state index in [-0.39, 0.29) is 0 Å². The number of allylic oxidation sites excluding steroid dienone is 3. The maximum absolute atomic E-state index is 4.21. The maximum atomic E-state index is 4.21. The molecule has 0 bridgehead atoms. The highest BCUT2D eigenvalue weighted by molar-refractivity contribution is 7.10. The molecule has 0 aliphatic heterocycles. The zero-order valence-electron chi connectivity index (χ0n) is 8.66. The zero-order valence-corrected chi connectivity index (χ0v) is 9.47. The van der Waals surface area contributed by atoms with Gasteiger partial charge in [-0.3, -0.25) is 0 Å². The van der Waals surface area contributed by atoms with Gasteiger partial charge in [-0.1, -0.05) is 25.7 Å². The Bertz CT molecular complexity index is 358. The van der Waals surface area contributed by atoms with Crippen molar-refractivity contribution < 1.29 is 0 Å². The van der Waals surface area contributed by atoms with Gasteiger partial charge in [0.1, 0.15) is 0 Å². The third kappa shape index (κ3) is 2.67. The fourth-order valence-electron chi connectivity index (χ4n) is 1.18. The van der Waals surface area contributed by atoms with Gasteiger partial charge in [-0.2, -0.15) is 0 Å². The molecule has 0 unspecified atom stereocenters. The van der Waals surface area contributed by atoms with E-state index in [1.165, 1.54) is 10.5 Å². The summed E-state index contributed by atoms with van der Waals surface area (Å²) in [5.74, 6) is 0.